The molecule has 0 atom stereocenters. The largest absolute Gasteiger partial charge is 0.398 e. The summed E-state index contributed by atoms with van der Waals surface area (Å²) in [5, 5.41) is 0. The van der Waals surface area contributed by atoms with Gasteiger partial charge >= 0.3 is 0 Å². The summed E-state index contributed by atoms with van der Waals surface area (Å²) >= 11 is 0. The average molecular weight is 422 g/mol. The molecule has 0 fully saturated rings. The Morgan fingerprint density at radius 3 is 1.45 bits per heavy atom. The third-order valence-corrected chi connectivity index (χ3v) is 6.65. The maximum Gasteiger partial charge on any atom is 0.0373 e. The highest BCUT2D eigenvalue weighted by atomic mass is 14.6. The Morgan fingerprint density at radius 2 is 0.968 bits per heavy atom. The van der Waals surface area contributed by atoms with E-state index < -0.39 is 0 Å². The Morgan fingerprint density at radius 1 is 0.548 bits per heavy atom. The van der Waals surface area contributed by atoms with Crippen molar-refractivity contribution < 1.29 is 0 Å². The van der Waals surface area contributed by atoms with E-state index in [4.69, 9.17) is 5.73 Å². The lowest BCUT2D eigenvalue weighted by Crippen LogP contribution is -1.97. The first-order chi connectivity index (χ1) is 15.1. The minimum Gasteiger partial charge on any atom is -0.398 e. The zero-order chi connectivity index (χ0) is 22.3. The maximum atomic E-state index is 6.09. The number of hydrogen-bond acceptors (Lipinski definition) is 1. The molecule has 0 aliphatic heterocycles. The summed E-state index contributed by atoms with van der Waals surface area (Å²) in [6, 6.07) is 13.7. The molecule has 0 heterocycles. The van der Waals surface area contributed by atoms with Gasteiger partial charge in [0.15, 0.2) is 0 Å². The van der Waals surface area contributed by atoms with Crippen LogP contribution >= 0.6 is 0 Å². The van der Waals surface area contributed by atoms with Crippen LogP contribution in [0.3, 0.4) is 0 Å². The topological polar surface area (TPSA) is 26.0 Å². The van der Waals surface area contributed by atoms with E-state index in [1.165, 1.54) is 118 Å². The van der Waals surface area contributed by atoms with Gasteiger partial charge in [-0.25, -0.2) is 0 Å². The first-order valence-electron chi connectivity index (χ1n) is 13.0. The molecule has 31 heavy (non-hydrogen) atoms. The fourth-order valence-corrected chi connectivity index (χ4v) is 4.57. The van der Waals surface area contributed by atoms with Gasteiger partial charge in [-0.05, 0) is 60.9 Å². The number of aryl methyl sites for hydroxylation is 3. The molecule has 0 aromatic heterocycles. The van der Waals surface area contributed by atoms with E-state index >= 15 is 0 Å². The van der Waals surface area contributed by atoms with E-state index in [1.54, 1.807) is 0 Å². The lowest BCUT2D eigenvalue weighted by molar-refractivity contribution is 0.539. The predicted molar refractivity (Wildman–Crippen MR) is 139 cm³/mol. The summed E-state index contributed by atoms with van der Waals surface area (Å²) in [4.78, 5) is 0. The summed E-state index contributed by atoms with van der Waals surface area (Å²) < 4.78 is 0. The molecule has 172 valence electrons. The molecule has 2 N–H and O–H groups in total. The van der Waals surface area contributed by atoms with Crippen molar-refractivity contribution in [2.45, 2.75) is 117 Å². The molecule has 2 aromatic rings. The Labute approximate surface area is 192 Å². The van der Waals surface area contributed by atoms with Crippen molar-refractivity contribution in [2.75, 3.05) is 5.73 Å². The monoisotopic (exact) mass is 421 g/mol. The normalized spacial score (nSPS) is 11.2. The van der Waals surface area contributed by atoms with Gasteiger partial charge in [-0.2, -0.15) is 0 Å². The number of benzene rings is 2. The molecular formula is C30H47N. The van der Waals surface area contributed by atoms with Crippen molar-refractivity contribution in [3.05, 3.63) is 64.2 Å². The number of unbranched alkanes of at least 4 members (excludes halogenated alkanes) is 12. The number of rotatable bonds is 16. The van der Waals surface area contributed by atoms with E-state index in [0.29, 0.717) is 0 Å². The summed E-state index contributed by atoms with van der Waals surface area (Å²) in [5.74, 6) is 0. The van der Waals surface area contributed by atoms with E-state index in [2.05, 4.69) is 57.2 Å². The van der Waals surface area contributed by atoms with E-state index in [-0.39, 0.29) is 0 Å². The number of nitrogen functional groups attached to an aromatic ring is 1. The maximum absolute atomic E-state index is 6.09. The fourth-order valence-electron chi connectivity index (χ4n) is 4.57. The van der Waals surface area contributed by atoms with Gasteiger partial charge < -0.3 is 5.73 Å². The van der Waals surface area contributed by atoms with Gasteiger partial charge in [-0.15, -0.1) is 0 Å². The highest BCUT2D eigenvalue weighted by Crippen LogP contribution is 2.21. The first kappa shape index (κ1) is 25.5. The van der Waals surface area contributed by atoms with Crippen molar-refractivity contribution in [1.82, 2.24) is 0 Å². The number of anilines is 1. The number of nitrogens with two attached hydrogens (primary N) is 1. The summed E-state index contributed by atoms with van der Waals surface area (Å²) in [5.41, 5.74) is 13.6. The smallest absolute Gasteiger partial charge is 0.0373 e. The van der Waals surface area contributed by atoms with Crippen LogP contribution in [-0.4, -0.2) is 0 Å². The van der Waals surface area contributed by atoms with Gasteiger partial charge in [-0.3, -0.25) is 0 Å². The zero-order valence-electron chi connectivity index (χ0n) is 20.6. The molecule has 0 spiro atoms. The molecule has 0 aliphatic rings. The summed E-state index contributed by atoms with van der Waals surface area (Å²) in [6.45, 7) is 6.50. The Kier molecular flexibility index (Phi) is 12.4. The molecular weight excluding hydrogens is 374 g/mol. The van der Waals surface area contributed by atoms with Crippen LogP contribution in [0.25, 0.3) is 0 Å². The van der Waals surface area contributed by atoms with Crippen LogP contribution in [0.15, 0.2) is 36.4 Å². The molecule has 1 nitrogen and oxygen atoms in total. The van der Waals surface area contributed by atoms with Crippen molar-refractivity contribution in [3.63, 3.8) is 0 Å². The molecule has 0 radical (unpaired) electrons. The van der Waals surface area contributed by atoms with Gasteiger partial charge in [0.25, 0.3) is 0 Å². The van der Waals surface area contributed by atoms with Gasteiger partial charge in [0, 0.05) is 5.69 Å². The third kappa shape index (κ3) is 10.4. The molecule has 2 rings (SSSR count). The molecule has 0 bridgehead atoms. The van der Waals surface area contributed by atoms with Gasteiger partial charge in [0.2, 0.25) is 0 Å². The molecule has 0 saturated heterocycles. The molecule has 1 heteroatoms. The summed E-state index contributed by atoms with van der Waals surface area (Å²) in [7, 11) is 0. The highest BCUT2D eigenvalue weighted by molar-refractivity contribution is 5.54. The minimum atomic E-state index is 0.928. The van der Waals surface area contributed by atoms with Crippen molar-refractivity contribution in [3.8, 4) is 0 Å². The van der Waals surface area contributed by atoms with Gasteiger partial charge in [-0.1, -0.05) is 120 Å². The Balaban J connectivity index is 1.53. The molecule has 0 saturated carbocycles. The van der Waals surface area contributed by atoms with E-state index in [0.717, 1.165) is 12.1 Å². The molecule has 2 aromatic carbocycles. The lowest BCUT2D eigenvalue weighted by atomic mass is 9.97. The van der Waals surface area contributed by atoms with Crippen molar-refractivity contribution in [2.24, 2.45) is 0 Å². The van der Waals surface area contributed by atoms with Crippen LogP contribution < -0.4 is 5.73 Å². The van der Waals surface area contributed by atoms with Crippen LogP contribution in [0.1, 0.15) is 118 Å². The molecule has 0 amide bonds. The third-order valence-electron chi connectivity index (χ3n) is 6.65. The fraction of sp³-hybridized carbons (Fsp3) is 0.600. The standard InChI is InChI=1S/C30H47N/c1-4-5-6-7-8-9-10-11-12-13-14-15-16-17-27-18-20-28(21-19-27)24-29-22-25(2)30(31)26(3)23-29/h18-23H,4-17,24,31H2,1-3H3. The lowest BCUT2D eigenvalue weighted by Gasteiger charge is -2.10. The highest BCUT2D eigenvalue weighted by Gasteiger charge is 2.03. The van der Waals surface area contributed by atoms with Crippen molar-refractivity contribution in [1.29, 1.82) is 0 Å². The second-order valence-corrected chi connectivity index (χ2v) is 9.63. The Hall–Kier alpha value is -1.76. The second kappa shape index (κ2) is 15.1. The quantitative estimate of drug-likeness (QED) is 0.212. The van der Waals surface area contributed by atoms with E-state index in [1.807, 2.05) is 0 Å². The molecule has 0 unspecified atom stereocenters. The van der Waals surface area contributed by atoms with Crippen LogP contribution in [0.4, 0.5) is 5.69 Å². The first-order valence-corrected chi connectivity index (χ1v) is 13.0. The van der Waals surface area contributed by atoms with Crippen LogP contribution in [-0.2, 0) is 12.8 Å². The SMILES string of the molecule is CCCCCCCCCCCCCCCc1ccc(Cc2cc(C)c(N)c(C)c2)cc1. The van der Waals surface area contributed by atoms with Gasteiger partial charge in [0.05, 0.1) is 0 Å². The van der Waals surface area contributed by atoms with E-state index in [9.17, 15) is 0 Å². The van der Waals surface area contributed by atoms with Crippen LogP contribution in [0.5, 0.6) is 0 Å². The molecule has 0 aliphatic carbocycles. The Bertz CT molecular complexity index is 706. The van der Waals surface area contributed by atoms with Crippen LogP contribution in [0, 0.1) is 13.8 Å². The summed E-state index contributed by atoms with van der Waals surface area (Å²) in [6.07, 6.45) is 20.7. The second-order valence-electron chi connectivity index (χ2n) is 9.63. The zero-order valence-corrected chi connectivity index (χ0v) is 20.6. The average Bonchev–Trinajstić information content (AvgIpc) is 2.76. The van der Waals surface area contributed by atoms with Crippen molar-refractivity contribution >= 4 is 5.69 Å². The minimum absolute atomic E-state index is 0.928. The predicted octanol–water partition coefficient (Wildman–Crippen LogP) is 9.11. The van der Waals surface area contributed by atoms with Gasteiger partial charge in [0.1, 0.15) is 0 Å². The number of hydrogen-bond donors (Lipinski definition) is 1. The van der Waals surface area contributed by atoms with Crippen LogP contribution in [0.2, 0.25) is 0 Å².